The van der Waals surface area contributed by atoms with Crippen LogP contribution in [0.2, 0.25) is 0 Å². The summed E-state index contributed by atoms with van der Waals surface area (Å²) in [6.45, 7) is 6.79. The fourth-order valence-corrected chi connectivity index (χ4v) is 3.62. The SMILES string of the molecule is COc1ccc(CN=C(NCCc2ccco2)NC2CCN(C(=O)C(C)C)CC2)cc1.I. The van der Waals surface area contributed by atoms with E-state index in [0.29, 0.717) is 12.6 Å². The summed E-state index contributed by atoms with van der Waals surface area (Å²) in [5.41, 5.74) is 1.12. The number of hydrogen-bond acceptors (Lipinski definition) is 4. The van der Waals surface area contributed by atoms with Crippen molar-refractivity contribution in [3.63, 3.8) is 0 Å². The fraction of sp³-hybridized carbons (Fsp3) is 0.500. The summed E-state index contributed by atoms with van der Waals surface area (Å²) < 4.78 is 10.6. The summed E-state index contributed by atoms with van der Waals surface area (Å²) in [6.07, 6.45) is 4.32. The quantitative estimate of drug-likeness (QED) is 0.295. The topological polar surface area (TPSA) is 79.1 Å². The van der Waals surface area contributed by atoms with Crippen LogP contribution in [-0.2, 0) is 17.8 Å². The number of likely N-dealkylation sites (tertiary alicyclic amines) is 1. The van der Waals surface area contributed by atoms with E-state index >= 15 is 0 Å². The first kappa shape index (κ1) is 26.0. The Morgan fingerprint density at radius 2 is 1.94 bits per heavy atom. The van der Waals surface area contributed by atoms with Gasteiger partial charge < -0.3 is 24.7 Å². The number of carbonyl (C=O) groups excluding carboxylic acids is 1. The largest absolute Gasteiger partial charge is 0.497 e. The molecule has 176 valence electrons. The summed E-state index contributed by atoms with van der Waals surface area (Å²) in [4.78, 5) is 19.0. The van der Waals surface area contributed by atoms with E-state index in [1.165, 1.54) is 0 Å². The van der Waals surface area contributed by atoms with Crippen molar-refractivity contribution < 1.29 is 13.9 Å². The van der Waals surface area contributed by atoms with Crippen LogP contribution in [0.15, 0.2) is 52.1 Å². The van der Waals surface area contributed by atoms with Gasteiger partial charge in [-0.3, -0.25) is 4.79 Å². The number of amides is 1. The Morgan fingerprint density at radius 1 is 1.22 bits per heavy atom. The molecule has 0 aliphatic carbocycles. The van der Waals surface area contributed by atoms with Gasteiger partial charge in [-0.1, -0.05) is 26.0 Å². The minimum Gasteiger partial charge on any atom is -0.497 e. The second kappa shape index (κ2) is 13.3. The van der Waals surface area contributed by atoms with E-state index in [2.05, 4.69) is 10.6 Å². The lowest BCUT2D eigenvalue weighted by atomic mass is 10.0. The maximum absolute atomic E-state index is 12.2. The number of benzene rings is 1. The Labute approximate surface area is 208 Å². The molecule has 0 unspecified atom stereocenters. The molecule has 1 aromatic heterocycles. The van der Waals surface area contributed by atoms with Crippen molar-refractivity contribution in [1.29, 1.82) is 0 Å². The Morgan fingerprint density at radius 3 is 2.53 bits per heavy atom. The van der Waals surface area contributed by atoms with Gasteiger partial charge in [0, 0.05) is 38.0 Å². The third kappa shape index (κ3) is 8.03. The molecule has 0 spiro atoms. The van der Waals surface area contributed by atoms with Crippen LogP contribution >= 0.6 is 24.0 Å². The smallest absolute Gasteiger partial charge is 0.225 e. The van der Waals surface area contributed by atoms with E-state index in [0.717, 1.165) is 61.9 Å². The normalized spacial score (nSPS) is 14.8. The van der Waals surface area contributed by atoms with Crippen LogP contribution in [0.1, 0.15) is 38.0 Å². The third-order valence-electron chi connectivity index (χ3n) is 5.46. The van der Waals surface area contributed by atoms with Gasteiger partial charge in [0.15, 0.2) is 5.96 Å². The highest BCUT2D eigenvalue weighted by molar-refractivity contribution is 14.0. The summed E-state index contributed by atoms with van der Waals surface area (Å²) >= 11 is 0. The number of carbonyl (C=O) groups is 1. The van der Waals surface area contributed by atoms with Crippen LogP contribution in [0.5, 0.6) is 5.75 Å². The van der Waals surface area contributed by atoms with Gasteiger partial charge in [-0.25, -0.2) is 4.99 Å². The molecule has 0 bridgehead atoms. The van der Waals surface area contributed by atoms with Crippen LogP contribution in [-0.4, -0.2) is 49.6 Å². The molecule has 2 heterocycles. The van der Waals surface area contributed by atoms with E-state index in [9.17, 15) is 4.79 Å². The number of guanidine groups is 1. The lowest BCUT2D eigenvalue weighted by molar-refractivity contribution is -0.135. The minimum atomic E-state index is 0. The molecule has 3 rings (SSSR count). The van der Waals surface area contributed by atoms with Crippen LogP contribution < -0.4 is 15.4 Å². The highest BCUT2D eigenvalue weighted by atomic mass is 127. The van der Waals surface area contributed by atoms with Crippen molar-refractivity contribution in [2.75, 3.05) is 26.7 Å². The first-order valence-electron chi connectivity index (χ1n) is 11.0. The number of ether oxygens (including phenoxy) is 1. The third-order valence-corrected chi connectivity index (χ3v) is 5.46. The maximum Gasteiger partial charge on any atom is 0.225 e. The lowest BCUT2D eigenvalue weighted by Gasteiger charge is -2.34. The van der Waals surface area contributed by atoms with Gasteiger partial charge in [0.25, 0.3) is 0 Å². The van der Waals surface area contributed by atoms with Crippen molar-refractivity contribution in [3.05, 3.63) is 54.0 Å². The van der Waals surface area contributed by atoms with Crippen molar-refractivity contribution in [2.24, 2.45) is 10.9 Å². The molecular formula is C24H35IN4O3. The molecule has 1 aromatic carbocycles. The molecule has 7 nitrogen and oxygen atoms in total. The molecule has 1 fully saturated rings. The number of hydrogen-bond donors (Lipinski definition) is 2. The second-order valence-electron chi connectivity index (χ2n) is 8.17. The molecule has 2 N–H and O–H groups in total. The van der Waals surface area contributed by atoms with Gasteiger partial charge in [-0.15, -0.1) is 24.0 Å². The number of nitrogens with zero attached hydrogens (tertiary/aromatic N) is 2. The standard InChI is InChI=1S/C24H34N4O3.HI/c1-18(2)23(29)28-14-11-20(12-15-28)27-24(25-13-10-22-5-4-16-31-22)26-17-19-6-8-21(30-3)9-7-19;/h4-9,16,18,20H,10-15,17H2,1-3H3,(H2,25,26,27);1H. The zero-order valence-corrected chi connectivity index (χ0v) is 21.5. The van der Waals surface area contributed by atoms with Crippen molar-refractivity contribution in [1.82, 2.24) is 15.5 Å². The fourth-order valence-electron chi connectivity index (χ4n) is 3.62. The Balaban J connectivity index is 0.00000363. The number of halogens is 1. The zero-order chi connectivity index (χ0) is 22.1. The molecule has 32 heavy (non-hydrogen) atoms. The van der Waals surface area contributed by atoms with E-state index in [1.54, 1.807) is 13.4 Å². The molecule has 1 aliphatic rings. The van der Waals surface area contributed by atoms with E-state index in [4.69, 9.17) is 14.1 Å². The summed E-state index contributed by atoms with van der Waals surface area (Å²) in [7, 11) is 1.66. The van der Waals surface area contributed by atoms with E-state index < -0.39 is 0 Å². The molecule has 0 atom stereocenters. The Bertz CT molecular complexity index is 829. The number of methoxy groups -OCH3 is 1. The van der Waals surface area contributed by atoms with Crippen molar-refractivity contribution in [2.45, 2.75) is 45.7 Å². The number of piperidine rings is 1. The van der Waals surface area contributed by atoms with Crippen LogP contribution in [0.25, 0.3) is 0 Å². The predicted molar refractivity (Wildman–Crippen MR) is 138 cm³/mol. The average molecular weight is 554 g/mol. The van der Waals surface area contributed by atoms with Crippen molar-refractivity contribution in [3.8, 4) is 5.75 Å². The molecule has 0 saturated carbocycles. The molecule has 1 aliphatic heterocycles. The summed E-state index contributed by atoms with van der Waals surface area (Å²) in [6, 6.07) is 12.1. The van der Waals surface area contributed by atoms with Gasteiger partial charge in [-0.2, -0.15) is 0 Å². The number of rotatable bonds is 8. The molecular weight excluding hydrogens is 519 g/mol. The number of aliphatic imine (C=N–C) groups is 1. The molecule has 8 heteroatoms. The lowest BCUT2D eigenvalue weighted by Crippen LogP contribution is -2.50. The zero-order valence-electron chi connectivity index (χ0n) is 19.2. The van der Waals surface area contributed by atoms with E-state index in [-0.39, 0.29) is 35.8 Å². The minimum absolute atomic E-state index is 0. The molecule has 1 saturated heterocycles. The van der Waals surface area contributed by atoms with Crippen LogP contribution in [0.3, 0.4) is 0 Å². The molecule has 1 amide bonds. The van der Waals surface area contributed by atoms with Gasteiger partial charge in [0.05, 0.1) is 19.9 Å². The average Bonchev–Trinajstić information content (AvgIpc) is 3.31. The molecule has 0 radical (unpaired) electrons. The number of nitrogens with one attached hydrogen (secondary N) is 2. The van der Waals surface area contributed by atoms with Gasteiger partial charge in [0.1, 0.15) is 11.5 Å². The molecule has 2 aromatic rings. The number of furan rings is 1. The van der Waals surface area contributed by atoms with Gasteiger partial charge in [0.2, 0.25) is 5.91 Å². The Hall–Kier alpha value is -2.23. The van der Waals surface area contributed by atoms with Crippen molar-refractivity contribution >= 4 is 35.8 Å². The van der Waals surface area contributed by atoms with Crippen LogP contribution in [0.4, 0.5) is 0 Å². The summed E-state index contributed by atoms with van der Waals surface area (Å²) in [5.74, 6) is 2.86. The highest BCUT2D eigenvalue weighted by Gasteiger charge is 2.24. The first-order chi connectivity index (χ1) is 15.0. The highest BCUT2D eigenvalue weighted by Crippen LogP contribution is 2.14. The second-order valence-corrected chi connectivity index (χ2v) is 8.17. The maximum atomic E-state index is 12.2. The first-order valence-corrected chi connectivity index (χ1v) is 11.0. The van der Waals surface area contributed by atoms with E-state index in [1.807, 2.05) is 55.1 Å². The monoisotopic (exact) mass is 554 g/mol. The van der Waals surface area contributed by atoms with Crippen LogP contribution in [0, 0.1) is 5.92 Å². The predicted octanol–water partition coefficient (Wildman–Crippen LogP) is 3.83. The van der Waals surface area contributed by atoms with Gasteiger partial charge in [-0.05, 0) is 42.7 Å². The van der Waals surface area contributed by atoms with Gasteiger partial charge >= 0.3 is 0 Å². The Kier molecular flexibility index (Phi) is 10.9. The summed E-state index contributed by atoms with van der Waals surface area (Å²) in [5, 5.41) is 6.99.